The van der Waals surface area contributed by atoms with Crippen LogP contribution in [0.1, 0.15) is 16.7 Å². The Kier molecular flexibility index (Phi) is 2.97. The molecule has 78 valence electrons. The Morgan fingerprint density at radius 1 is 1.14 bits per heavy atom. The summed E-state index contributed by atoms with van der Waals surface area (Å²) in [6.07, 6.45) is 0. The number of nitrogens with two attached hydrogens (primary N) is 1. The van der Waals surface area contributed by atoms with Crippen LogP contribution in [0.5, 0.6) is 0 Å². The van der Waals surface area contributed by atoms with Gasteiger partial charge in [-0.3, -0.25) is 0 Å². The van der Waals surface area contributed by atoms with Crippen LogP contribution in [0.4, 0.5) is 0 Å². The second-order valence-corrected chi connectivity index (χ2v) is 5.48. The Morgan fingerprint density at radius 3 is 1.93 bits per heavy atom. The number of rotatable bonds is 2. The number of aryl methyl sites for hydroxylation is 3. The molecule has 0 aliphatic carbocycles. The lowest BCUT2D eigenvalue weighted by atomic mass is 10.1. The van der Waals surface area contributed by atoms with Gasteiger partial charge in [0.05, 0.1) is 4.90 Å². The minimum atomic E-state index is -3.30. The Bertz CT molecular complexity index is 426. The third-order valence-electron chi connectivity index (χ3n) is 2.14. The van der Waals surface area contributed by atoms with Gasteiger partial charge in [0.1, 0.15) is 5.88 Å². The zero-order valence-corrected chi connectivity index (χ0v) is 9.48. The highest BCUT2D eigenvalue weighted by Crippen LogP contribution is 2.21. The maximum Gasteiger partial charge on any atom is 0.191 e. The summed E-state index contributed by atoms with van der Waals surface area (Å²) in [6.45, 7) is 5.53. The van der Waals surface area contributed by atoms with Gasteiger partial charge in [0, 0.05) is 0 Å². The highest BCUT2D eigenvalue weighted by Gasteiger charge is 2.17. The summed E-state index contributed by atoms with van der Waals surface area (Å²) in [5, 5.41) is 0. The summed E-state index contributed by atoms with van der Waals surface area (Å²) in [7, 11) is -3.30. The van der Waals surface area contributed by atoms with E-state index in [-0.39, 0.29) is 5.88 Å². The van der Waals surface area contributed by atoms with E-state index in [1.165, 1.54) is 0 Å². The van der Waals surface area contributed by atoms with Crippen LogP contribution in [-0.2, 0) is 9.84 Å². The van der Waals surface area contributed by atoms with E-state index < -0.39 is 9.84 Å². The molecule has 14 heavy (non-hydrogen) atoms. The maximum atomic E-state index is 11.6. The topological polar surface area (TPSA) is 60.2 Å². The first-order valence-corrected chi connectivity index (χ1v) is 6.04. The molecular weight excluding hydrogens is 198 g/mol. The fraction of sp³-hybridized carbons (Fsp3) is 0.400. The van der Waals surface area contributed by atoms with Crippen molar-refractivity contribution in [2.45, 2.75) is 25.7 Å². The molecule has 0 atom stereocenters. The van der Waals surface area contributed by atoms with Gasteiger partial charge in [-0.1, -0.05) is 17.7 Å². The van der Waals surface area contributed by atoms with E-state index in [1.54, 1.807) is 13.8 Å². The van der Waals surface area contributed by atoms with Crippen molar-refractivity contribution in [1.82, 2.24) is 0 Å². The molecule has 0 bridgehead atoms. The van der Waals surface area contributed by atoms with E-state index in [1.807, 2.05) is 19.1 Å². The van der Waals surface area contributed by atoms with Gasteiger partial charge in [-0.25, -0.2) is 8.42 Å². The fourth-order valence-corrected chi connectivity index (χ4v) is 3.01. The fourth-order valence-electron chi connectivity index (χ4n) is 1.74. The van der Waals surface area contributed by atoms with Crippen molar-refractivity contribution in [3.05, 3.63) is 28.8 Å². The van der Waals surface area contributed by atoms with Crippen molar-refractivity contribution in [2.24, 2.45) is 5.73 Å². The molecule has 0 aromatic heterocycles. The lowest BCUT2D eigenvalue weighted by Crippen LogP contribution is -2.16. The van der Waals surface area contributed by atoms with Crippen LogP contribution in [-0.4, -0.2) is 14.3 Å². The first-order chi connectivity index (χ1) is 6.38. The smallest absolute Gasteiger partial charge is 0.191 e. The predicted molar refractivity (Wildman–Crippen MR) is 56.9 cm³/mol. The Hall–Kier alpha value is -0.870. The Balaban J connectivity index is 3.51. The molecule has 4 heteroatoms. The second kappa shape index (κ2) is 3.71. The molecule has 0 spiro atoms. The van der Waals surface area contributed by atoms with Gasteiger partial charge < -0.3 is 5.73 Å². The molecule has 0 unspecified atom stereocenters. The van der Waals surface area contributed by atoms with Crippen LogP contribution in [0.3, 0.4) is 0 Å². The number of benzene rings is 1. The van der Waals surface area contributed by atoms with Gasteiger partial charge in [0.2, 0.25) is 0 Å². The molecule has 2 N–H and O–H groups in total. The van der Waals surface area contributed by atoms with Gasteiger partial charge in [-0.05, 0) is 31.9 Å². The van der Waals surface area contributed by atoms with Crippen molar-refractivity contribution in [3.63, 3.8) is 0 Å². The van der Waals surface area contributed by atoms with Crippen molar-refractivity contribution >= 4 is 9.84 Å². The van der Waals surface area contributed by atoms with E-state index >= 15 is 0 Å². The predicted octanol–water partition coefficient (Wildman–Crippen LogP) is 1.30. The summed E-state index contributed by atoms with van der Waals surface area (Å²) in [4.78, 5) is 0.380. The van der Waals surface area contributed by atoms with Crippen LogP contribution < -0.4 is 5.73 Å². The Morgan fingerprint density at radius 2 is 1.57 bits per heavy atom. The van der Waals surface area contributed by atoms with E-state index in [2.05, 4.69) is 0 Å². The second-order valence-electron chi connectivity index (χ2n) is 3.51. The minimum Gasteiger partial charge on any atom is -0.317 e. The summed E-state index contributed by atoms with van der Waals surface area (Å²) < 4.78 is 23.3. The molecule has 0 saturated heterocycles. The molecular formula is C10H15NO2S. The van der Waals surface area contributed by atoms with Crippen LogP contribution in [0.15, 0.2) is 17.0 Å². The van der Waals surface area contributed by atoms with Gasteiger partial charge in [-0.15, -0.1) is 0 Å². The molecule has 0 heterocycles. The van der Waals surface area contributed by atoms with Crippen molar-refractivity contribution in [2.75, 3.05) is 5.88 Å². The number of sulfone groups is 1. The zero-order chi connectivity index (χ0) is 10.9. The summed E-state index contributed by atoms with van der Waals surface area (Å²) in [5.41, 5.74) is 7.83. The summed E-state index contributed by atoms with van der Waals surface area (Å²) in [6, 6.07) is 3.71. The van der Waals surface area contributed by atoms with Gasteiger partial charge in [-0.2, -0.15) is 0 Å². The number of hydrogen-bond acceptors (Lipinski definition) is 3. The van der Waals surface area contributed by atoms with E-state index in [0.29, 0.717) is 4.90 Å². The molecule has 0 fully saturated rings. The lowest BCUT2D eigenvalue weighted by Gasteiger charge is -2.10. The normalized spacial score (nSPS) is 11.7. The first kappa shape index (κ1) is 11.2. The van der Waals surface area contributed by atoms with Gasteiger partial charge >= 0.3 is 0 Å². The molecule has 0 aliphatic heterocycles. The quantitative estimate of drug-likeness (QED) is 0.805. The van der Waals surface area contributed by atoms with E-state index in [4.69, 9.17) is 5.73 Å². The largest absolute Gasteiger partial charge is 0.317 e. The highest BCUT2D eigenvalue weighted by atomic mass is 32.2. The third-order valence-corrected chi connectivity index (χ3v) is 3.84. The molecule has 0 amide bonds. The Labute approximate surface area is 84.9 Å². The highest BCUT2D eigenvalue weighted by molar-refractivity contribution is 7.91. The number of hydrogen-bond donors (Lipinski definition) is 1. The molecule has 3 nitrogen and oxygen atoms in total. The maximum absolute atomic E-state index is 11.6. The summed E-state index contributed by atoms with van der Waals surface area (Å²) >= 11 is 0. The molecule has 0 aliphatic rings. The van der Waals surface area contributed by atoms with E-state index in [9.17, 15) is 8.42 Å². The minimum absolute atomic E-state index is 0.336. The average Bonchev–Trinajstić information content (AvgIpc) is 2.01. The van der Waals surface area contributed by atoms with E-state index in [0.717, 1.165) is 16.7 Å². The zero-order valence-electron chi connectivity index (χ0n) is 8.66. The van der Waals surface area contributed by atoms with Crippen LogP contribution in [0.2, 0.25) is 0 Å². The van der Waals surface area contributed by atoms with Crippen molar-refractivity contribution < 1.29 is 8.42 Å². The van der Waals surface area contributed by atoms with Crippen molar-refractivity contribution in [3.8, 4) is 0 Å². The monoisotopic (exact) mass is 213 g/mol. The van der Waals surface area contributed by atoms with Crippen LogP contribution in [0.25, 0.3) is 0 Å². The van der Waals surface area contributed by atoms with Crippen LogP contribution in [0, 0.1) is 20.8 Å². The SMILES string of the molecule is Cc1cc(C)c(S(=O)(=O)CN)c(C)c1. The van der Waals surface area contributed by atoms with Gasteiger partial charge in [0.25, 0.3) is 0 Å². The molecule has 0 saturated carbocycles. The van der Waals surface area contributed by atoms with Gasteiger partial charge in [0.15, 0.2) is 9.84 Å². The molecule has 1 aromatic rings. The first-order valence-electron chi connectivity index (χ1n) is 4.39. The molecule has 1 rings (SSSR count). The third kappa shape index (κ3) is 1.96. The summed E-state index contributed by atoms with van der Waals surface area (Å²) in [5.74, 6) is -0.336. The average molecular weight is 213 g/mol. The molecule has 0 radical (unpaired) electrons. The molecule has 1 aromatic carbocycles. The van der Waals surface area contributed by atoms with Crippen molar-refractivity contribution in [1.29, 1.82) is 0 Å². The standard InChI is InChI=1S/C10H15NO2S/c1-7-4-8(2)10(9(3)5-7)14(12,13)6-11/h4-5H,6,11H2,1-3H3. The van der Waals surface area contributed by atoms with Crippen LogP contribution >= 0.6 is 0 Å². The lowest BCUT2D eigenvalue weighted by molar-refractivity contribution is 0.595.